The van der Waals surface area contributed by atoms with Gasteiger partial charge in [0.25, 0.3) is 0 Å². The third-order valence-corrected chi connectivity index (χ3v) is 3.21. The van der Waals surface area contributed by atoms with Gasteiger partial charge in [0.05, 0.1) is 5.70 Å². The highest BCUT2D eigenvalue weighted by atomic mass is 16.5. The van der Waals surface area contributed by atoms with Gasteiger partial charge >= 0.3 is 5.97 Å². The number of carbonyl (C=O) groups excluding carboxylic acids is 3. The fourth-order valence-electron chi connectivity index (χ4n) is 2.45. The first kappa shape index (κ1) is 11.6. The number of hydrogen-bond donors (Lipinski definition) is 1. The molecule has 0 fully saturated rings. The number of hydrogen-bond acceptors (Lipinski definition) is 6. The number of nitrogens with zero attached hydrogens (tertiary/aromatic N) is 2. The lowest BCUT2D eigenvalue weighted by molar-refractivity contribution is -0.146. The molecule has 0 radical (unpaired) electrons. The molecule has 1 atom stereocenters. The number of ether oxygens (including phenoxy) is 1. The molecule has 1 aliphatic carbocycles. The van der Waals surface area contributed by atoms with E-state index < -0.39 is 17.9 Å². The molecule has 0 bridgehead atoms. The Morgan fingerprint density at radius 2 is 2.26 bits per heavy atom. The first-order chi connectivity index (χ1) is 8.99. The van der Waals surface area contributed by atoms with Crippen LogP contribution in [0, 0.1) is 0 Å². The van der Waals surface area contributed by atoms with Crippen LogP contribution in [0.15, 0.2) is 11.8 Å². The van der Waals surface area contributed by atoms with Crippen LogP contribution in [0.2, 0.25) is 0 Å². The third kappa shape index (κ3) is 1.58. The zero-order valence-electron chi connectivity index (χ0n) is 10.2. The Hall–Kier alpha value is -2.44. The van der Waals surface area contributed by atoms with E-state index >= 15 is 0 Å². The van der Waals surface area contributed by atoms with Gasteiger partial charge in [0, 0.05) is 26.0 Å². The molecule has 1 aromatic rings. The van der Waals surface area contributed by atoms with Gasteiger partial charge in [0.15, 0.2) is 11.9 Å². The number of aromatic nitrogens is 2. The molecule has 0 spiro atoms. The molecule has 3 rings (SSSR count). The van der Waals surface area contributed by atoms with Crippen molar-refractivity contribution in [2.45, 2.75) is 26.0 Å². The molecule has 0 aromatic carbocycles. The molecule has 19 heavy (non-hydrogen) atoms. The van der Waals surface area contributed by atoms with E-state index in [9.17, 15) is 14.4 Å². The van der Waals surface area contributed by atoms with Crippen molar-refractivity contribution in [1.29, 1.82) is 0 Å². The minimum Gasteiger partial charge on any atom is -0.454 e. The minimum absolute atomic E-state index is 0.0526. The number of esters is 1. The molecule has 98 valence electrons. The number of Topliss-reactive ketones (excluding diaryl/α,β-unsaturated/α-hetero) is 1. The zero-order valence-corrected chi connectivity index (χ0v) is 10.2. The van der Waals surface area contributed by atoms with Gasteiger partial charge in [-0.1, -0.05) is 0 Å². The maximum absolute atomic E-state index is 11.9. The molecule has 1 aliphatic heterocycles. The normalized spacial score (nSPS) is 20.9. The summed E-state index contributed by atoms with van der Waals surface area (Å²) in [5.41, 5.74) is 5.65. The smallest absolute Gasteiger partial charge is 0.303 e. The molecule has 7 heteroatoms. The van der Waals surface area contributed by atoms with Crippen molar-refractivity contribution < 1.29 is 19.1 Å². The van der Waals surface area contributed by atoms with Gasteiger partial charge in [-0.25, -0.2) is 4.98 Å². The van der Waals surface area contributed by atoms with E-state index in [4.69, 9.17) is 10.5 Å². The Labute approximate surface area is 108 Å². The second-order valence-electron chi connectivity index (χ2n) is 4.50. The summed E-state index contributed by atoms with van der Waals surface area (Å²) in [6, 6.07) is 0. The molecule has 0 saturated carbocycles. The van der Waals surface area contributed by atoms with E-state index in [1.54, 1.807) is 4.57 Å². The Bertz CT molecular complexity index is 656. The van der Waals surface area contributed by atoms with Gasteiger partial charge in [-0.05, 0) is 0 Å². The number of imidazole rings is 1. The van der Waals surface area contributed by atoms with E-state index in [1.807, 2.05) is 0 Å². The van der Waals surface area contributed by atoms with E-state index in [2.05, 4.69) is 4.98 Å². The van der Waals surface area contributed by atoms with Crippen molar-refractivity contribution in [2.75, 3.05) is 0 Å². The Balaban J connectivity index is 2.09. The molecule has 1 aromatic heterocycles. The topological polar surface area (TPSA) is 104 Å². The quantitative estimate of drug-likeness (QED) is 0.719. The highest BCUT2D eigenvalue weighted by Gasteiger charge is 2.37. The van der Waals surface area contributed by atoms with E-state index in [1.165, 1.54) is 6.92 Å². The van der Waals surface area contributed by atoms with Crippen molar-refractivity contribution in [3.8, 4) is 0 Å². The molecule has 7 nitrogen and oxygen atoms in total. The van der Waals surface area contributed by atoms with Crippen LogP contribution < -0.4 is 5.73 Å². The van der Waals surface area contributed by atoms with Crippen LogP contribution in [0.25, 0.3) is 0 Å². The molecule has 2 heterocycles. The van der Waals surface area contributed by atoms with E-state index in [0.29, 0.717) is 18.8 Å². The molecule has 0 amide bonds. The summed E-state index contributed by atoms with van der Waals surface area (Å²) in [6.07, 6.45) is 1.15. The number of rotatable bonds is 1. The minimum atomic E-state index is -0.509. The first-order valence-electron chi connectivity index (χ1n) is 5.83. The van der Waals surface area contributed by atoms with Crippen LogP contribution in [0.5, 0.6) is 0 Å². The van der Waals surface area contributed by atoms with Gasteiger partial charge in [-0.15, -0.1) is 0 Å². The van der Waals surface area contributed by atoms with E-state index in [-0.39, 0.29) is 22.9 Å². The highest BCUT2D eigenvalue weighted by Crippen LogP contribution is 2.33. The Morgan fingerprint density at radius 1 is 1.53 bits per heavy atom. The van der Waals surface area contributed by atoms with Crippen molar-refractivity contribution >= 4 is 17.5 Å². The van der Waals surface area contributed by atoms with Gasteiger partial charge in [0.1, 0.15) is 11.4 Å². The van der Waals surface area contributed by atoms with Gasteiger partial charge < -0.3 is 15.0 Å². The van der Waals surface area contributed by atoms with E-state index in [0.717, 1.165) is 6.08 Å². The lowest BCUT2D eigenvalue weighted by Gasteiger charge is -2.09. The molecule has 2 aliphatic rings. The summed E-state index contributed by atoms with van der Waals surface area (Å²) in [5.74, 6) is -0.785. The van der Waals surface area contributed by atoms with Gasteiger partial charge in [0.2, 0.25) is 11.6 Å². The maximum atomic E-state index is 11.9. The monoisotopic (exact) mass is 261 g/mol. The fourth-order valence-corrected chi connectivity index (χ4v) is 2.45. The second kappa shape index (κ2) is 3.78. The SMILES string of the molecule is CC(=O)OC1CCn2c1nc1c2C(=O)C=C(N)C1=O. The van der Waals surface area contributed by atoms with Crippen LogP contribution in [0.4, 0.5) is 0 Å². The predicted molar refractivity (Wildman–Crippen MR) is 62.3 cm³/mol. The van der Waals surface area contributed by atoms with Crippen LogP contribution in [-0.2, 0) is 16.1 Å². The first-order valence-corrected chi connectivity index (χ1v) is 5.83. The number of ketones is 2. The van der Waals surface area contributed by atoms with Crippen molar-refractivity contribution in [2.24, 2.45) is 5.73 Å². The third-order valence-electron chi connectivity index (χ3n) is 3.21. The largest absolute Gasteiger partial charge is 0.454 e. The zero-order chi connectivity index (χ0) is 13.7. The predicted octanol–water partition coefficient (Wildman–Crippen LogP) is 0.113. The fraction of sp³-hybridized carbons (Fsp3) is 0.333. The molecule has 1 unspecified atom stereocenters. The maximum Gasteiger partial charge on any atom is 0.303 e. The Morgan fingerprint density at radius 3 is 2.95 bits per heavy atom. The molecule has 2 N–H and O–H groups in total. The van der Waals surface area contributed by atoms with Crippen LogP contribution >= 0.6 is 0 Å². The van der Waals surface area contributed by atoms with Crippen molar-refractivity contribution in [3.63, 3.8) is 0 Å². The number of nitrogens with two attached hydrogens (primary N) is 1. The average molecular weight is 261 g/mol. The summed E-state index contributed by atoms with van der Waals surface area (Å²) in [5, 5.41) is 0. The molecular formula is C12H11N3O4. The summed E-state index contributed by atoms with van der Waals surface area (Å²) >= 11 is 0. The lowest BCUT2D eigenvalue weighted by Crippen LogP contribution is -2.23. The van der Waals surface area contributed by atoms with Gasteiger partial charge in [-0.2, -0.15) is 0 Å². The van der Waals surface area contributed by atoms with Crippen molar-refractivity contribution in [3.05, 3.63) is 29.0 Å². The highest BCUT2D eigenvalue weighted by molar-refractivity contribution is 6.22. The van der Waals surface area contributed by atoms with Crippen LogP contribution in [0.1, 0.15) is 46.2 Å². The summed E-state index contributed by atoms with van der Waals surface area (Å²) in [7, 11) is 0. The Kier molecular flexibility index (Phi) is 2.31. The number of carbonyl (C=O) groups is 3. The molecule has 0 saturated heterocycles. The summed E-state index contributed by atoms with van der Waals surface area (Å²) in [4.78, 5) is 38.9. The van der Waals surface area contributed by atoms with Gasteiger partial charge in [-0.3, -0.25) is 14.4 Å². The summed E-state index contributed by atoms with van der Waals surface area (Å²) < 4.78 is 6.75. The summed E-state index contributed by atoms with van der Waals surface area (Å²) in [6.45, 7) is 1.80. The second-order valence-corrected chi connectivity index (χ2v) is 4.50. The van der Waals surface area contributed by atoms with Crippen molar-refractivity contribution in [1.82, 2.24) is 9.55 Å². The average Bonchev–Trinajstić information content (AvgIpc) is 2.86. The van der Waals surface area contributed by atoms with Crippen LogP contribution in [0.3, 0.4) is 0 Å². The standard InChI is InChI=1S/C12H11N3O4/c1-5(16)19-8-2-3-15-10-7(17)4-6(13)11(18)9(10)14-12(8)15/h4,8H,2-3,13H2,1H3. The van der Waals surface area contributed by atoms with Crippen LogP contribution in [-0.4, -0.2) is 27.1 Å². The lowest BCUT2D eigenvalue weighted by atomic mass is 10.0. The molecular weight excluding hydrogens is 250 g/mol. The number of fused-ring (bicyclic) bond motifs is 3. The number of allylic oxidation sites excluding steroid dienone is 2.